The lowest BCUT2D eigenvalue weighted by atomic mass is 10.1. The largest absolute Gasteiger partial charge is 0.478 e. The number of nitrogens with zero attached hydrogens (tertiary/aromatic N) is 2. The second kappa shape index (κ2) is 9.81. The summed E-state index contributed by atoms with van der Waals surface area (Å²) in [6, 6.07) is 14.8. The summed E-state index contributed by atoms with van der Waals surface area (Å²) in [5.41, 5.74) is 1.99. The SMILES string of the molecule is C[C@H](NC(=O)c1cc(Cl)cnc1Oc1cccc(-c2nccs2)c1)c1ccc(C(=O)O)cc1. The van der Waals surface area contributed by atoms with Crippen LogP contribution in [0.5, 0.6) is 11.6 Å². The number of hydrogen-bond donors (Lipinski definition) is 2. The molecule has 0 radical (unpaired) electrons. The van der Waals surface area contributed by atoms with Crippen molar-refractivity contribution in [3.8, 4) is 22.2 Å². The van der Waals surface area contributed by atoms with Crippen LogP contribution in [0.2, 0.25) is 5.02 Å². The van der Waals surface area contributed by atoms with E-state index in [1.807, 2.05) is 23.6 Å². The van der Waals surface area contributed by atoms with Gasteiger partial charge in [0.1, 0.15) is 16.3 Å². The van der Waals surface area contributed by atoms with Gasteiger partial charge in [0.15, 0.2) is 0 Å². The Kier molecular flexibility index (Phi) is 6.67. The van der Waals surface area contributed by atoms with Crippen LogP contribution in [0.1, 0.15) is 39.2 Å². The minimum Gasteiger partial charge on any atom is -0.478 e. The van der Waals surface area contributed by atoms with Gasteiger partial charge in [0.25, 0.3) is 5.91 Å². The number of carbonyl (C=O) groups is 2. The van der Waals surface area contributed by atoms with Crippen molar-refractivity contribution in [2.75, 3.05) is 0 Å². The number of nitrogens with one attached hydrogen (secondary N) is 1. The maximum Gasteiger partial charge on any atom is 0.335 e. The van der Waals surface area contributed by atoms with Crippen molar-refractivity contribution in [3.63, 3.8) is 0 Å². The number of rotatable bonds is 7. The summed E-state index contributed by atoms with van der Waals surface area (Å²) in [6.07, 6.45) is 3.14. The van der Waals surface area contributed by atoms with Gasteiger partial charge in [-0.1, -0.05) is 35.9 Å². The first kappa shape index (κ1) is 22.4. The van der Waals surface area contributed by atoms with Crippen LogP contribution in [-0.4, -0.2) is 27.0 Å². The summed E-state index contributed by atoms with van der Waals surface area (Å²) in [5, 5.41) is 15.0. The molecule has 0 aliphatic rings. The summed E-state index contributed by atoms with van der Waals surface area (Å²) < 4.78 is 5.93. The number of aromatic nitrogens is 2. The molecule has 0 bridgehead atoms. The second-order valence-electron chi connectivity index (χ2n) is 7.10. The zero-order valence-corrected chi connectivity index (χ0v) is 18.9. The molecule has 9 heteroatoms. The second-order valence-corrected chi connectivity index (χ2v) is 8.43. The van der Waals surface area contributed by atoms with Crippen LogP contribution in [0.3, 0.4) is 0 Å². The Balaban J connectivity index is 1.55. The summed E-state index contributed by atoms with van der Waals surface area (Å²) >= 11 is 7.61. The average Bonchev–Trinajstić information content (AvgIpc) is 3.35. The summed E-state index contributed by atoms with van der Waals surface area (Å²) in [4.78, 5) is 32.6. The number of ether oxygens (including phenoxy) is 1. The molecule has 4 rings (SSSR count). The molecule has 1 amide bonds. The van der Waals surface area contributed by atoms with Gasteiger partial charge in [-0.25, -0.2) is 14.8 Å². The van der Waals surface area contributed by atoms with E-state index in [0.29, 0.717) is 10.8 Å². The van der Waals surface area contributed by atoms with Crippen molar-refractivity contribution < 1.29 is 19.4 Å². The topological polar surface area (TPSA) is 101 Å². The van der Waals surface area contributed by atoms with E-state index in [1.54, 1.807) is 31.3 Å². The molecule has 166 valence electrons. The van der Waals surface area contributed by atoms with Crippen LogP contribution in [-0.2, 0) is 0 Å². The lowest BCUT2D eigenvalue weighted by molar-refractivity contribution is 0.0696. The van der Waals surface area contributed by atoms with E-state index in [1.165, 1.54) is 35.7 Å². The van der Waals surface area contributed by atoms with Crippen LogP contribution in [0, 0.1) is 0 Å². The van der Waals surface area contributed by atoms with Crippen LogP contribution < -0.4 is 10.1 Å². The summed E-state index contributed by atoms with van der Waals surface area (Å²) in [7, 11) is 0. The number of hydrogen-bond acceptors (Lipinski definition) is 6. The van der Waals surface area contributed by atoms with Crippen molar-refractivity contribution >= 4 is 34.8 Å². The fourth-order valence-electron chi connectivity index (χ4n) is 3.11. The van der Waals surface area contributed by atoms with Gasteiger partial charge in [0, 0.05) is 23.3 Å². The first-order chi connectivity index (χ1) is 15.9. The van der Waals surface area contributed by atoms with Gasteiger partial charge in [0.05, 0.1) is 16.6 Å². The van der Waals surface area contributed by atoms with Crippen LogP contribution in [0.25, 0.3) is 10.6 Å². The summed E-state index contributed by atoms with van der Waals surface area (Å²) in [5.74, 6) is -0.819. The first-order valence-electron chi connectivity index (χ1n) is 9.88. The highest BCUT2D eigenvalue weighted by molar-refractivity contribution is 7.13. The molecule has 0 saturated carbocycles. The fourth-order valence-corrected chi connectivity index (χ4v) is 3.91. The molecule has 33 heavy (non-hydrogen) atoms. The standard InChI is InChI=1S/C24H18ClN3O4S/c1-14(15-5-7-16(8-6-15)24(30)31)28-21(29)20-12-18(25)13-27-22(20)32-19-4-2-3-17(11-19)23-26-9-10-33-23/h2-14H,1H3,(H,28,29)(H,30,31)/t14-/m0/s1. The number of thiazole rings is 1. The normalized spacial score (nSPS) is 11.6. The number of amides is 1. The van der Waals surface area contributed by atoms with Gasteiger partial charge in [0.2, 0.25) is 5.88 Å². The average molecular weight is 480 g/mol. The molecule has 0 aliphatic heterocycles. The third-order valence-corrected chi connectivity index (χ3v) is 5.82. The van der Waals surface area contributed by atoms with Crippen molar-refractivity contribution in [2.24, 2.45) is 0 Å². The zero-order valence-electron chi connectivity index (χ0n) is 17.4. The van der Waals surface area contributed by atoms with E-state index in [-0.39, 0.29) is 23.0 Å². The number of carboxylic acids is 1. The van der Waals surface area contributed by atoms with E-state index in [9.17, 15) is 9.59 Å². The Labute approximate surface area is 198 Å². The molecule has 0 saturated heterocycles. The molecular formula is C24H18ClN3O4S. The highest BCUT2D eigenvalue weighted by atomic mass is 35.5. The minimum atomic E-state index is -1.01. The Morgan fingerprint density at radius 1 is 1.12 bits per heavy atom. The van der Waals surface area contributed by atoms with E-state index >= 15 is 0 Å². The van der Waals surface area contributed by atoms with Gasteiger partial charge in [-0.2, -0.15) is 0 Å². The van der Waals surface area contributed by atoms with E-state index in [2.05, 4.69) is 15.3 Å². The van der Waals surface area contributed by atoms with Gasteiger partial charge < -0.3 is 15.2 Å². The quantitative estimate of drug-likeness (QED) is 0.345. The van der Waals surface area contributed by atoms with E-state index < -0.39 is 11.9 Å². The number of carbonyl (C=O) groups excluding carboxylic acids is 1. The first-order valence-corrected chi connectivity index (χ1v) is 11.1. The molecular weight excluding hydrogens is 462 g/mol. The molecule has 7 nitrogen and oxygen atoms in total. The molecule has 2 aromatic carbocycles. The van der Waals surface area contributed by atoms with Crippen LogP contribution >= 0.6 is 22.9 Å². The van der Waals surface area contributed by atoms with Gasteiger partial charge in [-0.3, -0.25) is 4.79 Å². The molecule has 4 aromatic rings. The Hall–Kier alpha value is -3.75. The zero-order chi connectivity index (χ0) is 23.4. The van der Waals surface area contributed by atoms with Crippen molar-refractivity contribution in [1.29, 1.82) is 0 Å². The number of pyridine rings is 1. The molecule has 0 fully saturated rings. The smallest absolute Gasteiger partial charge is 0.335 e. The maximum atomic E-state index is 13.0. The molecule has 2 aromatic heterocycles. The fraction of sp³-hybridized carbons (Fsp3) is 0.0833. The minimum absolute atomic E-state index is 0.113. The molecule has 0 unspecified atom stereocenters. The highest BCUT2D eigenvalue weighted by Gasteiger charge is 2.19. The number of benzene rings is 2. The number of aromatic carboxylic acids is 1. The molecule has 0 spiro atoms. The van der Waals surface area contributed by atoms with Crippen LogP contribution in [0.15, 0.2) is 72.4 Å². The Morgan fingerprint density at radius 3 is 2.61 bits per heavy atom. The highest BCUT2D eigenvalue weighted by Crippen LogP contribution is 2.30. The third-order valence-electron chi connectivity index (χ3n) is 4.80. The number of halogens is 1. The Bertz CT molecular complexity index is 1290. The van der Waals surface area contributed by atoms with Gasteiger partial charge in [-0.15, -0.1) is 11.3 Å². The third kappa shape index (κ3) is 5.36. The molecule has 0 aliphatic carbocycles. The van der Waals surface area contributed by atoms with Crippen molar-refractivity contribution in [1.82, 2.24) is 15.3 Å². The maximum absolute atomic E-state index is 13.0. The lowest BCUT2D eigenvalue weighted by Gasteiger charge is -2.16. The van der Waals surface area contributed by atoms with E-state index in [4.69, 9.17) is 21.4 Å². The molecule has 2 N–H and O–H groups in total. The number of carboxylic acid groups (broad SMARTS) is 1. The summed E-state index contributed by atoms with van der Waals surface area (Å²) in [6.45, 7) is 1.80. The van der Waals surface area contributed by atoms with E-state index in [0.717, 1.165) is 16.1 Å². The molecule has 2 heterocycles. The molecule has 1 atom stereocenters. The Morgan fingerprint density at radius 2 is 1.91 bits per heavy atom. The predicted octanol–water partition coefficient (Wildman–Crippen LogP) is 5.84. The van der Waals surface area contributed by atoms with Crippen molar-refractivity contribution in [2.45, 2.75) is 13.0 Å². The van der Waals surface area contributed by atoms with Gasteiger partial charge >= 0.3 is 5.97 Å². The van der Waals surface area contributed by atoms with Crippen molar-refractivity contribution in [3.05, 3.63) is 94.1 Å². The lowest BCUT2D eigenvalue weighted by Crippen LogP contribution is -2.27. The monoisotopic (exact) mass is 479 g/mol. The predicted molar refractivity (Wildman–Crippen MR) is 126 cm³/mol. The van der Waals surface area contributed by atoms with Gasteiger partial charge in [-0.05, 0) is 42.8 Å². The van der Waals surface area contributed by atoms with Crippen LogP contribution in [0.4, 0.5) is 0 Å².